The standard InChI is InChI=1S/C17H13NO2S/c19-10-4-7-13-5-3-6-14(11-13)12-18-17(20)15-8-1-2-9-16(15)21-18/h1-3,5-6,8-9,11,19H,10,12H2. The summed E-state index contributed by atoms with van der Waals surface area (Å²) in [6, 6.07) is 15.4. The summed E-state index contributed by atoms with van der Waals surface area (Å²) in [5.41, 5.74) is 1.91. The van der Waals surface area contributed by atoms with E-state index < -0.39 is 0 Å². The first-order chi connectivity index (χ1) is 10.3. The maximum atomic E-state index is 12.3. The van der Waals surface area contributed by atoms with Crippen molar-refractivity contribution in [1.82, 2.24) is 3.96 Å². The van der Waals surface area contributed by atoms with Gasteiger partial charge in [0.1, 0.15) is 6.61 Å². The molecule has 0 aliphatic carbocycles. The maximum absolute atomic E-state index is 12.3. The van der Waals surface area contributed by atoms with Gasteiger partial charge in [-0.3, -0.25) is 8.75 Å². The molecule has 3 rings (SSSR count). The normalized spacial score (nSPS) is 10.3. The summed E-state index contributed by atoms with van der Waals surface area (Å²) < 4.78 is 2.75. The zero-order valence-corrected chi connectivity index (χ0v) is 12.1. The molecule has 3 nitrogen and oxygen atoms in total. The maximum Gasteiger partial charge on any atom is 0.268 e. The van der Waals surface area contributed by atoms with Gasteiger partial charge in [-0.05, 0) is 29.8 Å². The first-order valence-electron chi connectivity index (χ1n) is 6.55. The van der Waals surface area contributed by atoms with E-state index in [-0.39, 0.29) is 12.2 Å². The predicted octanol–water partition coefficient (Wildman–Crippen LogP) is 2.46. The fraction of sp³-hybridized carbons (Fsp3) is 0.118. The summed E-state index contributed by atoms with van der Waals surface area (Å²) in [7, 11) is 0. The molecule has 0 aliphatic rings. The Morgan fingerprint density at radius 2 is 2.00 bits per heavy atom. The number of benzene rings is 2. The van der Waals surface area contributed by atoms with Gasteiger partial charge in [0.15, 0.2) is 0 Å². The van der Waals surface area contributed by atoms with Gasteiger partial charge in [0.2, 0.25) is 0 Å². The second kappa shape index (κ2) is 5.96. The summed E-state index contributed by atoms with van der Waals surface area (Å²) in [5, 5.41) is 9.49. The summed E-state index contributed by atoms with van der Waals surface area (Å²) >= 11 is 1.47. The Labute approximate surface area is 126 Å². The first kappa shape index (κ1) is 13.6. The smallest absolute Gasteiger partial charge is 0.268 e. The fourth-order valence-electron chi connectivity index (χ4n) is 2.18. The van der Waals surface area contributed by atoms with E-state index in [1.807, 2.05) is 48.5 Å². The highest BCUT2D eigenvalue weighted by Gasteiger charge is 2.07. The van der Waals surface area contributed by atoms with E-state index in [9.17, 15) is 4.79 Å². The van der Waals surface area contributed by atoms with Crippen LogP contribution in [0.2, 0.25) is 0 Å². The van der Waals surface area contributed by atoms with Crippen LogP contribution in [0.4, 0.5) is 0 Å². The van der Waals surface area contributed by atoms with Crippen LogP contribution in [0, 0.1) is 11.8 Å². The Morgan fingerprint density at radius 3 is 2.81 bits per heavy atom. The van der Waals surface area contributed by atoms with Crippen LogP contribution in [0.15, 0.2) is 53.3 Å². The molecule has 0 unspecified atom stereocenters. The molecule has 0 atom stereocenters. The number of nitrogens with zero attached hydrogens (tertiary/aromatic N) is 1. The molecule has 4 heteroatoms. The largest absolute Gasteiger partial charge is 0.384 e. The Balaban J connectivity index is 1.95. The van der Waals surface area contributed by atoms with E-state index in [1.165, 1.54) is 11.5 Å². The molecule has 2 aromatic carbocycles. The lowest BCUT2D eigenvalue weighted by atomic mass is 10.1. The highest BCUT2D eigenvalue weighted by atomic mass is 32.1. The number of rotatable bonds is 2. The molecule has 0 saturated heterocycles. The van der Waals surface area contributed by atoms with Crippen LogP contribution in [0.1, 0.15) is 11.1 Å². The van der Waals surface area contributed by atoms with Crippen molar-refractivity contribution in [3.05, 3.63) is 70.0 Å². The van der Waals surface area contributed by atoms with Gasteiger partial charge in [0.25, 0.3) is 5.56 Å². The summed E-state index contributed by atoms with van der Waals surface area (Å²) in [6.45, 7) is 0.382. The van der Waals surface area contributed by atoms with E-state index in [4.69, 9.17) is 5.11 Å². The van der Waals surface area contributed by atoms with Gasteiger partial charge in [-0.25, -0.2) is 0 Å². The van der Waals surface area contributed by atoms with Crippen molar-refractivity contribution >= 4 is 21.6 Å². The van der Waals surface area contributed by atoms with Crippen LogP contribution in [0.5, 0.6) is 0 Å². The molecular weight excluding hydrogens is 282 g/mol. The highest BCUT2D eigenvalue weighted by molar-refractivity contribution is 7.13. The second-order valence-corrected chi connectivity index (χ2v) is 5.65. The van der Waals surface area contributed by atoms with Crippen molar-refractivity contribution in [2.75, 3.05) is 6.61 Å². The molecule has 0 amide bonds. The van der Waals surface area contributed by atoms with Gasteiger partial charge in [0.05, 0.1) is 16.6 Å². The zero-order chi connectivity index (χ0) is 14.7. The average molecular weight is 295 g/mol. The third kappa shape index (κ3) is 2.89. The lowest BCUT2D eigenvalue weighted by molar-refractivity contribution is 0.350. The van der Waals surface area contributed by atoms with E-state index in [1.54, 1.807) is 3.96 Å². The predicted molar refractivity (Wildman–Crippen MR) is 85.6 cm³/mol. The first-order valence-corrected chi connectivity index (χ1v) is 7.33. The van der Waals surface area contributed by atoms with Crippen molar-refractivity contribution < 1.29 is 5.11 Å². The van der Waals surface area contributed by atoms with E-state index in [0.29, 0.717) is 6.54 Å². The third-order valence-corrected chi connectivity index (χ3v) is 4.19. The quantitative estimate of drug-likeness (QED) is 0.738. The van der Waals surface area contributed by atoms with E-state index in [0.717, 1.165) is 21.2 Å². The molecular formula is C17H13NO2S. The molecule has 3 aromatic rings. The molecule has 0 spiro atoms. The van der Waals surface area contributed by atoms with Crippen molar-refractivity contribution in [3.63, 3.8) is 0 Å². The van der Waals surface area contributed by atoms with Crippen molar-refractivity contribution in [2.24, 2.45) is 0 Å². The Kier molecular flexibility index (Phi) is 3.87. The van der Waals surface area contributed by atoms with Crippen molar-refractivity contribution in [3.8, 4) is 11.8 Å². The van der Waals surface area contributed by atoms with Crippen LogP contribution in [0.25, 0.3) is 10.1 Å². The molecule has 0 aliphatic heterocycles. The number of aromatic nitrogens is 1. The van der Waals surface area contributed by atoms with Gasteiger partial charge in [-0.2, -0.15) is 0 Å². The van der Waals surface area contributed by atoms with Crippen molar-refractivity contribution in [2.45, 2.75) is 6.54 Å². The molecule has 1 heterocycles. The Morgan fingerprint density at radius 1 is 1.14 bits per heavy atom. The third-order valence-electron chi connectivity index (χ3n) is 3.12. The molecule has 1 N–H and O–H groups in total. The van der Waals surface area contributed by atoms with Gasteiger partial charge >= 0.3 is 0 Å². The van der Waals surface area contributed by atoms with Gasteiger partial charge < -0.3 is 5.11 Å². The molecule has 104 valence electrons. The Hall–Kier alpha value is -2.35. The molecule has 0 bridgehead atoms. The number of aliphatic hydroxyl groups is 1. The molecule has 21 heavy (non-hydrogen) atoms. The lowest BCUT2D eigenvalue weighted by Gasteiger charge is -2.01. The summed E-state index contributed by atoms with van der Waals surface area (Å²) in [4.78, 5) is 12.3. The van der Waals surface area contributed by atoms with Crippen LogP contribution < -0.4 is 5.56 Å². The number of aliphatic hydroxyl groups excluding tert-OH is 1. The van der Waals surface area contributed by atoms with Crippen LogP contribution in [-0.4, -0.2) is 15.7 Å². The summed E-state index contributed by atoms with van der Waals surface area (Å²) in [6.07, 6.45) is 0. The SMILES string of the molecule is O=c1c2ccccc2sn1Cc1cccc(C#CCO)c1. The van der Waals surface area contributed by atoms with Gasteiger partial charge in [-0.15, -0.1) is 0 Å². The second-order valence-electron chi connectivity index (χ2n) is 4.59. The molecule has 0 fully saturated rings. The minimum Gasteiger partial charge on any atom is -0.384 e. The minimum absolute atomic E-state index is 0.0439. The molecule has 0 radical (unpaired) electrons. The summed E-state index contributed by atoms with van der Waals surface area (Å²) in [5.74, 6) is 5.51. The zero-order valence-electron chi connectivity index (χ0n) is 11.2. The number of hydrogen-bond acceptors (Lipinski definition) is 3. The lowest BCUT2D eigenvalue weighted by Crippen LogP contribution is -2.13. The topological polar surface area (TPSA) is 42.2 Å². The van der Waals surface area contributed by atoms with Crippen LogP contribution >= 0.6 is 11.5 Å². The van der Waals surface area contributed by atoms with E-state index in [2.05, 4.69) is 11.8 Å². The highest BCUT2D eigenvalue weighted by Crippen LogP contribution is 2.17. The number of fused-ring (bicyclic) bond motifs is 1. The molecule has 0 saturated carbocycles. The van der Waals surface area contributed by atoms with Crippen LogP contribution in [-0.2, 0) is 6.54 Å². The van der Waals surface area contributed by atoms with E-state index >= 15 is 0 Å². The van der Waals surface area contributed by atoms with Gasteiger partial charge in [0, 0.05) is 5.56 Å². The Bertz CT molecular complexity index is 896. The minimum atomic E-state index is -0.153. The average Bonchev–Trinajstić information content (AvgIpc) is 2.82. The number of hydrogen-bond donors (Lipinski definition) is 1. The van der Waals surface area contributed by atoms with Crippen LogP contribution in [0.3, 0.4) is 0 Å². The fourth-order valence-corrected chi connectivity index (χ4v) is 3.20. The monoisotopic (exact) mass is 295 g/mol. The van der Waals surface area contributed by atoms with Gasteiger partial charge in [-0.1, -0.05) is 47.6 Å². The molecule has 1 aromatic heterocycles. The van der Waals surface area contributed by atoms with Crippen molar-refractivity contribution in [1.29, 1.82) is 0 Å².